The van der Waals surface area contributed by atoms with Gasteiger partial charge in [-0.3, -0.25) is 4.79 Å². The van der Waals surface area contributed by atoms with Gasteiger partial charge in [-0.25, -0.2) is 0 Å². The minimum Gasteiger partial charge on any atom is -0.494 e. The van der Waals surface area contributed by atoms with Crippen LogP contribution < -0.4 is 15.4 Å². The summed E-state index contributed by atoms with van der Waals surface area (Å²) in [5, 5.41) is 7.31. The fourth-order valence-corrected chi connectivity index (χ4v) is 3.80. The molecule has 27 heavy (non-hydrogen) atoms. The van der Waals surface area contributed by atoms with Crippen LogP contribution in [0.5, 0.6) is 5.75 Å². The first-order valence-corrected chi connectivity index (χ1v) is 9.96. The molecule has 1 unspecified atom stereocenters. The molecule has 0 radical (unpaired) electrons. The van der Waals surface area contributed by atoms with Gasteiger partial charge < -0.3 is 15.4 Å². The molecule has 1 saturated heterocycles. The van der Waals surface area contributed by atoms with Gasteiger partial charge in [-0.1, -0.05) is 35.9 Å². The minimum atomic E-state index is -0.239. The van der Waals surface area contributed by atoms with E-state index in [1.807, 2.05) is 55.5 Å². The van der Waals surface area contributed by atoms with Crippen molar-refractivity contribution >= 4 is 17.5 Å². The number of carbonyl (C=O) groups is 1. The Morgan fingerprint density at radius 3 is 2.70 bits per heavy atom. The van der Waals surface area contributed by atoms with Crippen molar-refractivity contribution in [1.29, 1.82) is 0 Å². The van der Waals surface area contributed by atoms with Gasteiger partial charge >= 0.3 is 0 Å². The lowest BCUT2D eigenvalue weighted by atomic mass is 9.91. The number of piperidine rings is 1. The van der Waals surface area contributed by atoms with Crippen LogP contribution in [0, 0.1) is 5.92 Å². The summed E-state index contributed by atoms with van der Waals surface area (Å²) < 4.78 is 5.54. The average Bonchev–Trinajstić information content (AvgIpc) is 2.67. The molecule has 0 spiro atoms. The standard InChI is InChI=1S/C22H27ClN2O2/c1-3-27-20-9-7-16(8-10-20)21(17-5-4-6-19(23)14-17)25-22(26)18-11-12-24-15(2)13-18/h4-10,14-15,18,21,24H,3,11-13H2,1-2H3,(H,25,26)/t15-,18-,21?/m0/s1. The van der Waals surface area contributed by atoms with E-state index in [1.165, 1.54) is 0 Å². The maximum absolute atomic E-state index is 13.0. The first-order valence-electron chi connectivity index (χ1n) is 9.58. The van der Waals surface area contributed by atoms with E-state index < -0.39 is 0 Å². The van der Waals surface area contributed by atoms with Gasteiger partial charge in [-0.15, -0.1) is 0 Å². The van der Waals surface area contributed by atoms with Crippen LogP contribution in [0.2, 0.25) is 5.02 Å². The molecule has 3 atom stereocenters. The van der Waals surface area contributed by atoms with Crippen LogP contribution in [0.3, 0.4) is 0 Å². The fraction of sp³-hybridized carbons (Fsp3) is 0.409. The number of ether oxygens (including phenoxy) is 1. The second kappa shape index (κ2) is 9.25. The van der Waals surface area contributed by atoms with Crippen molar-refractivity contribution in [3.63, 3.8) is 0 Å². The van der Waals surface area contributed by atoms with E-state index in [4.69, 9.17) is 16.3 Å². The van der Waals surface area contributed by atoms with Crippen LogP contribution in [0.25, 0.3) is 0 Å². The van der Waals surface area contributed by atoms with Crippen molar-refractivity contribution in [2.45, 2.75) is 38.8 Å². The second-order valence-corrected chi connectivity index (χ2v) is 7.51. The van der Waals surface area contributed by atoms with E-state index >= 15 is 0 Å². The van der Waals surface area contributed by atoms with E-state index in [2.05, 4.69) is 17.6 Å². The zero-order valence-corrected chi connectivity index (χ0v) is 16.6. The van der Waals surface area contributed by atoms with Gasteiger partial charge in [0.1, 0.15) is 5.75 Å². The monoisotopic (exact) mass is 386 g/mol. The van der Waals surface area contributed by atoms with Crippen molar-refractivity contribution in [2.75, 3.05) is 13.2 Å². The summed E-state index contributed by atoms with van der Waals surface area (Å²) in [6, 6.07) is 15.7. The summed E-state index contributed by atoms with van der Waals surface area (Å²) in [5.41, 5.74) is 1.98. The molecule has 3 rings (SSSR count). The zero-order chi connectivity index (χ0) is 19.2. The molecule has 5 heteroatoms. The molecule has 1 fully saturated rings. The number of benzene rings is 2. The minimum absolute atomic E-state index is 0.0330. The number of hydrogen-bond donors (Lipinski definition) is 2. The highest BCUT2D eigenvalue weighted by molar-refractivity contribution is 6.30. The Balaban J connectivity index is 1.84. The van der Waals surface area contributed by atoms with E-state index in [0.717, 1.165) is 36.3 Å². The molecule has 1 amide bonds. The summed E-state index contributed by atoms with van der Waals surface area (Å²) in [4.78, 5) is 13.0. The number of carbonyl (C=O) groups excluding carboxylic acids is 1. The third kappa shape index (κ3) is 5.24. The molecule has 0 saturated carbocycles. The molecular formula is C22H27ClN2O2. The molecule has 1 aliphatic rings. The van der Waals surface area contributed by atoms with Crippen molar-refractivity contribution in [3.8, 4) is 5.75 Å². The SMILES string of the molecule is CCOc1ccc(C(NC(=O)[C@H]2CCN[C@@H](C)C2)c2cccc(Cl)c2)cc1. The van der Waals surface area contributed by atoms with Crippen LogP contribution >= 0.6 is 11.6 Å². The molecule has 2 aromatic rings. The second-order valence-electron chi connectivity index (χ2n) is 7.08. The third-order valence-electron chi connectivity index (χ3n) is 4.99. The number of amides is 1. The molecule has 0 aromatic heterocycles. The number of nitrogens with one attached hydrogen (secondary N) is 2. The van der Waals surface area contributed by atoms with Crippen LogP contribution in [0.15, 0.2) is 48.5 Å². The topological polar surface area (TPSA) is 50.4 Å². The van der Waals surface area contributed by atoms with E-state index in [1.54, 1.807) is 0 Å². The van der Waals surface area contributed by atoms with Crippen LogP contribution in [-0.2, 0) is 4.79 Å². The Hall–Kier alpha value is -2.04. The van der Waals surface area contributed by atoms with Crippen LogP contribution in [0.4, 0.5) is 0 Å². The largest absolute Gasteiger partial charge is 0.494 e. The number of hydrogen-bond acceptors (Lipinski definition) is 3. The smallest absolute Gasteiger partial charge is 0.223 e. The summed E-state index contributed by atoms with van der Waals surface area (Å²) in [6.45, 7) is 5.59. The molecule has 4 nitrogen and oxygen atoms in total. The van der Waals surface area contributed by atoms with E-state index in [9.17, 15) is 4.79 Å². The first kappa shape index (κ1) is 19.7. The lowest BCUT2D eigenvalue weighted by Crippen LogP contribution is -2.43. The lowest BCUT2D eigenvalue weighted by Gasteiger charge is -2.29. The van der Waals surface area contributed by atoms with Crippen molar-refractivity contribution in [2.24, 2.45) is 5.92 Å². The molecular weight excluding hydrogens is 360 g/mol. The van der Waals surface area contributed by atoms with E-state index in [-0.39, 0.29) is 17.9 Å². The zero-order valence-electron chi connectivity index (χ0n) is 15.9. The molecule has 1 heterocycles. The molecule has 0 bridgehead atoms. The van der Waals surface area contributed by atoms with Crippen LogP contribution in [0.1, 0.15) is 43.9 Å². The molecule has 0 aliphatic carbocycles. The van der Waals surface area contributed by atoms with Crippen LogP contribution in [-0.4, -0.2) is 25.1 Å². The Morgan fingerprint density at radius 1 is 1.26 bits per heavy atom. The van der Waals surface area contributed by atoms with Gasteiger partial charge in [-0.2, -0.15) is 0 Å². The Labute approximate surface area is 166 Å². The number of rotatable bonds is 6. The highest BCUT2D eigenvalue weighted by Crippen LogP contribution is 2.27. The van der Waals surface area contributed by atoms with E-state index in [0.29, 0.717) is 17.7 Å². The average molecular weight is 387 g/mol. The first-order chi connectivity index (χ1) is 13.1. The Kier molecular flexibility index (Phi) is 6.75. The Morgan fingerprint density at radius 2 is 2.04 bits per heavy atom. The van der Waals surface area contributed by atoms with Gasteiger partial charge in [0.2, 0.25) is 5.91 Å². The van der Waals surface area contributed by atoms with Gasteiger partial charge in [0.25, 0.3) is 0 Å². The maximum Gasteiger partial charge on any atom is 0.223 e. The quantitative estimate of drug-likeness (QED) is 0.776. The molecule has 144 valence electrons. The van der Waals surface area contributed by atoms with Crippen molar-refractivity contribution < 1.29 is 9.53 Å². The summed E-state index contributed by atoms with van der Waals surface area (Å²) in [5.74, 6) is 0.956. The third-order valence-corrected chi connectivity index (χ3v) is 5.22. The summed E-state index contributed by atoms with van der Waals surface area (Å²) in [6.07, 6.45) is 1.72. The van der Waals surface area contributed by atoms with Crippen molar-refractivity contribution in [3.05, 3.63) is 64.7 Å². The predicted octanol–water partition coefficient (Wildman–Crippen LogP) is 4.33. The molecule has 2 aromatic carbocycles. The highest BCUT2D eigenvalue weighted by Gasteiger charge is 2.27. The predicted molar refractivity (Wildman–Crippen MR) is 109 cm³/mol. The van der Waals surface area contributed by atoms with Gasteiger partial charge in [-0.05, 0) is 68.6 Å². The molecule has 2 N–H and O–H groups in total. The number of halogens is 1. The highest BCUT2D eigenvalue weighted by atomic mass is 35.5. The lowest BCUT2D eigenvalue weighted by molar-refractivity contribution is -0.126. The maximum atomic E-state index is 13.0. The Bertz CT molecular complexity index is 763. The normalized spacial score (nSPS) is 20.7. The fourth-order valence-electron chi connectivity index (χ4n) is 3.60. The van der Waals surface area contributed by atoms with Gasteiger partial charge in [0, 0.05) is 17.0 Å². The summed E-state index contributed by atoms with van der Waals surface area (Å²) in [7, 11) is 0. The summed E-state index contributed by atoms with van der Waals surface area (Å²) >= 11 is 6.21. The van der Waals surface area contributed by atoms with Gasteiger partial charge in [0.05, 0.1) is 12.6 Å². The molecule has 1 aliphatic heterocycles. The van der Waals surface area contributed by atoms with Crippen molar-refractivity contribution in [1.82, 2.24) is 10.6 Å². The van der Waals surface area contributed by atoms with Gasteiger partial charge in [0.15, 0.2) is 0 Å².